The molecule has 0 unspecified atom stereocenters. The van der Waals surface area contributed by atoms with Gasteiger partial charge in [0.15, 0.2) is 0 Å². The molecule has 0 atom stereocenters. The third-order valence-electron chi connectivity index (χ3n) is 3.60. The molecule has 0 radical (unpaired) electrons. The number of hydrogen-bond donors (Lipinski definition) is 2. The number of aromatic nitrogens is 2. The van der Waals surface area contributed by atoms with Crippen LogP contribution in [0, 0.1) is 0 Å². The zero-order valence-electron chi connectivity index (χ0n) is 14.0. The number of benzene rings is 2. The van der Waals surface area contributed by atoms with E-state index in [2.05, 4.69) is 25.5 Å². The van der Waals surface area contributed by atoms with Crippen LogP contribution in [0.2, 0.25) is 0 Å². The van der Waals surface area contributed by atoms with Crippen molar-refractivity contribution in [1.82, 2.24) is 15.6 Å². The first kappa shape index (κ1) is 17.1. The Morgan fingerprint density at radius 2 is 1.85 bits per heavy atom. The number of amides is 1. The van der Waals surface area contributed by atoms with Gasteiger partial charge in [-0.05, 0) is 23.8 Å². The van der Waals surface area contributed by atoms with E-state index in [1.165, 1.54) is 13.3 Å². The maximum absolute atomic E-state index is 12.1. The Morgan fingerprint density at radius 3 is 2.54 bits per heavy atom. The van der Waals surface area contributed by atoms with Crippen molar-refractivity contribution in [1.29, 1.82) is 0 Å². The van der Waals surface area contributed by atoms with Crippen LogP contribution in [-0.4, -0.2) is 35.4 Å². The van der Waals surface area contributed by atoms with Crippen molar-refractivity contribution in [2.75, 3.05) is 7.11 Å². The summed E-state index contributed by atoms with van der Waals surface area (Å²) >= 11 is 0. The predicted octanol–water partition coefficient (Wildman–Crippen LogP) is 2.63. The fourth-order valence-corrected chi connectivity index (χ4v) is 2.24. The van der Waals surface area contributed by atoms with Gasteiger partial charge in [0.2, 0.25) is 0 Å². The number of hydrazone groups is 1. The van der Waals surface area contributed by atoms with Gasteiger partial charge in [-0.15, -0.1) is 0 Å². The SMILES string of the molecule is COC(=O)c1ccc(C=NNC(=O)c2cc(-c3ccccc3)n[nH]2)cc1. The molecule has 2 aromatic carbocycles. The first-order valence-corrected chi connectivity index (χ1v) is 7.80. The normalized spacial score (nSPS) is 10.7. The summed E-state index contributed by atoms with van der Waals surface area (Å²) < 4.78 is 4.63. The highest BCUT2D eigenvalue weighted by atomic mass is 16.5. The number of hydrogen-bond acceptors (Lipinski definition) is 5. The highest BCUT2D eigenvalue weighted by molar-refractivity contribution is 5.94. The first-order valence-electron chi connectivity index (χ1n) is 7.80. The van der Waals surface area contributed by atoms with Crippen LogP contribution in [-0.2, 0) is 4.74 Å². The summed E-state index contributed by atoms with van der Waals surface area (Å²) in [6.07, 6.45) is 1.48. The van der Waals surface area contributed by atoms with Gasteiger partial charge in [0.25, 0.3) is 5.91 Å². The van der Waals surface area contributed by atoms with Gasteiger partial charge in [-0.3, -0.25) is 9.89 Å². The van der Waals surface area contributed by atoms with E-state index >= 15 is 0 Å². The van der Waals surface area contributed by atoms with E-state index in [4.69, 9.17) is 0 Å². The molecule has 3 rings (SSSR count). The van der Waals surface area contributed by atoms with E-state index in [9.17, 15) is 9.59 Å². The second kappa shape index (κ2) is 7.89. The van der Waals surface area contributed by atoms with Crippen molar-refractivity contribution in [3.63, 3.8) is 0 Å². The third-order valence-corrected chi connectivity index (χ3v) is 3.60. The first-order chi connectivity index (χ1) is 12.7. The van der Waals surface area contributed by atoms with Crippen LogP contribution in [0.15, 0.2) is 65.8 Å². The molecule has 7 nitrogen and oxygen atoms in total. The van der Waals surface area contributed by atoms with E-state index in [-0.39, 0.29) is 0 Å². The number of esters is 1. The largest absolute Gasteiger partial charge is 0.465 e. The summed E-state index contributed by atoms with van der Waals surface area (Å²) in [5, 5.41) is 10.7. The molecule has 0 fully saturated rings. The summed E-state index contributed by atoms with van der Waals surface area (Å²) in [6, 6.07) is 17.8. The lowest BCUT2D eigenvalue weighted by atomic mass is 10.1. The average Bonchev–Trinajstić information content (AvgIpc) is 3.19. The number of nitrogens with one attached hydrogen (secondary N) is 2. The summed E-state index contributed by atoms with van der Waals surface area (Å²) in [7, 11) is 1.33. The number of rotatable bonds is 5. The molecular weight excluding hydrogens is 332 g/mol. The minimum Gasteiger partial charge on any atom is -0.465 e. The molecule has 26 heavy (non-hydrogen) atoms. The highest BCUT2D eigenvalue weighted by Gasteiger charge is 2.10. The van der Waals surface area contributed by atoms with Gasteiger partial charge in [0, 0.05) is 5.56 Å². The minimum atomic E-state index is -0.407. The number of nitrogens with zero attached hydrogens (tertiary/aromatic N) is 2. The van der Waals surface area contributed by atoms with E-state index in [0.29, 0.717) is 17.0 Å². The molecule has 0 aliphatic heterocycles. The molecule has 1 heterocycles. The van der Waals surface area contributed by atoms with Gasteiger partial charge < -0.3 is 4.74 Å². The zero-order valence-corrected chi connectivity index (χ0v) is 14.0. The Bertz CT molecular complexity index is 931. The van der Waals surface area contributed by atoms with Crippen LogP contribution in [0.1, 0.15) is 26.4 Å². The second-order valence-corrected chi connectivity index (χ2v) is 5.35. The van der Waals surface area contributed by atoms with Crippen LogP contribution >= 0.6 is 0 Å². The van der Waals surface area contributed by atoms with Gasteiger partial charge in [-0.25, -0.2) is 10.2 Å². The third kappa shape index (κ3) is 4.02. The Kier molecular flexibility index (Phi) is 5.19. The maximum Gasteiger partial charge on any atom is 0.337 e. The molecule has 0 saturated heterocycles. The molecule has 1 aromatic heterocycles. The van der Waals surface area contributed by atoms with Gasteiger partial charge in [-0.1, -0.05) is 42.5 Å². The lowest BCUT2D eigenvalue weighted by Gasteiger charge is -1.99. The molecule has 0 bridgehead atoms. The fraction of sp³-hybridized carbons (Fsp3) is 0.0526. The smallest absolute Gasteiger partial charge is 0.337 e. The zero-order chi connectivity index (χ0) is 18.4. The predicted molar refractivity (Wildman–Crippen MR) is 96.9 cm³/mol. The molecule has 2 N–H and O–H groups in total. The van der Waals surface area contributed by atoms with E-state index < -0.39 is 11.9 Å². The van der Waals surface area contributed by atoms with Crippen molar-refractivity contribution in [3.05, 3.63) is 77.5 Å². The number of methoxy groups -OCH3 is 1. The van der Waals surface area contributed by atoms with Crippen molar-refractivity contribution in [2.24, 2.45) is 5.10 Å². The average molecular weight is 348 g/mol. The summed E-state index contributed by atoms with van der Waals surface area (Å²) in [5.74, 6) is -0.808. The van der Waals surface area contributed by atoms with Crippen molar-refractivity contribution in [3.8, 4) is 11.3 Å². The van der Waals surface area contributed by atoms with Crippen molar-refractivity contribution in [2.45, 2.75) is 0 Å². The monoisotopic (exact) mass is 348 g/mol. The number of H-pyrrole nitrogens is 1. The van der Waals surface area contributed by atoms with Gasteiger partial charge in [0.1, 0.15) is 5.69 Å². The lowest BCUT2D eigenvalue weighted by molar-refractivity contribution is 0.0600. The summed E-state index contributed by atoms with van der Waals surface area (Å²) in [4.78, 5) is 23.5. The minimum absolute atomic E-state index is 0.307. The van der Waals surface area contributed by atoms with Crippen LogP contribution in [0.4, 0.5) is 0 Å². The maximum atomic E-state index is 12.1. The quantitative estimate of drug-likeness (QED) is 0.421. The molecule has 3 aromatic rings. The van der Waals surface area contributed by atoms with E-state index in [1.54, 1.807) is 30.3 Å². The Hall–Kier alpha value is -3.74. The topological polar surface area (TPSA) is 96.4 Å². The molecule has 130 valence electrons. The molecule has 1 amide bonds. The van der Waals surface area contributed by atoms with E-state index in [0.717, 1.165) is 11.1 Å². The number of ether oxygens (including phenoxy) is 1. The van der Waals surface area contributed by atoms with Crippen LogP contribution < -0.4 is 5.43 Å². The van der Waals surface area contributed by atoms with Crippen LogP contribution in [0.3, 0.4) is 0 Å². The number of carbonyl (C=O) groups is 2. The van der Waals surface area contributed by atoms with Crippen LogP contribution in [0.25, 0.3) is 11.3 Å². The standard InChI is InChI=1S/C19H16N4O3/c1-26-19(25)15-9-7-13(8-10-15)12-20-23-18(24)17-11-16(21-22-17)14-5-3-2-4-6-14/h2-12H,1H3,(H,21,22)(H,23,24). The summed E-state index contributed by atoms with van der Waals surface area (Å²) in [5.41, 5.74) is 5.50. The van der Waals surface area contributed by atoms with Gasteiger partial charge in [0.05, 0.1) is 24.6 Å². The molecule has 0 aliphatic rings. The highest BCUT2D eigenvalue weighted by Crippen LogP contribution is 2.16. The van der Waals surface area contributed by atoms with Crippen LogP contribution in [0.5, 0.6) is 0 Å². The Morgan fingerprint density at radius 1 is 1.12 bits per heavy atom. The molecular formula is C19H16N4O3. The molecule has 7 heteroatoms. The Labute approximate surface area is 149 Å². The summed E-state index contributed by atoms with van der Waals surface area (Å²) in [6.45, 7) is 0. The second-order valence-electron chi connectivity index (χ2n) is 5.35. The molecule has 0 aliphatic carbocycles. The fourth-order valence-electron chi connectivity index (χ4n) is 2.24. The van der Waals surface area contributed by atoms with E-state index in [1.807, 2.05) is 30.3 Å². The van der Waals surface area contributed by atoms with Crippen molar-refractivity contribution >= 4 is 18.1 Å². The number of aromatic amines is 1. The molecule has 0 saturated carbocycles. The lowest BCUT2D eigenvalue weighted by Crippen LogP contribution is -2.18. The van der Waals surface area contributed by atoms with Gasteiger partial charge in [-0.2, -0.15) is 10.2 Å². The molecule has 0 spiro atoms. The van der Waals surface area contributed by atoms with Crippen molar-refractivity contribution < 1.29 is 14.3 Å². The number of carbonyl (C=O) groups excluding carboxylic acids is 2. The van der Waals surface area contributed by atoms with Gasteiger partial charge >= 0.3 is 5.97 Å². The Balaban J connectivity index is 1.61.